The molecule has 2 N–H and O–H groups in total. The van der Waals surface area contributed by atoms with Crippen LogP contribution in [0.4, 0.5) is 5.13 Å². The van der Waals surface area contributed by atoms with Gasteiger partial charge < -0.3 is 10.5 Å². The molecule has 0 fully saturated rings. The molecule has 0 spiro atoms. The maximum Gasteiger partial charge on any atom is 0.358 e. The van der Waals surface area contributed by atoms with Crippen molar-refractivity contribution in [2.24, 2.45) is 0 Å². The zero-order valence-electron chi connectivity index (χ0n) is 8.38. The minimum absolute atomic E-state index is 0.161. The van der Waals surface area contributed by atoms with Gasteiger partial charge in [-0.15, -0.1) is 0 Å². The molecule has 0 bridgehead atoms. The van der Waals surface area contributed by atoms with Crippen molar-refractivity contribution >= 4 is 22.4 Å². The van der Waals surface area contributed by atoms with Gasteiger partial charge in [0.2, 0.25) is 0 Å². The number of anilines is 1. The van der Waals surface area contributed by atoms with Crippen LogP contribution < -0.4 is 5.73 Å². The van der Waals surface area contributed by atoms with E-state index in [-0.39, 0.29) is 5.69 Å². The molecule has 0 atom stereocenters. The fourth-order valence-corrected chi connectivity index (χ4v) is 1.84. The standard InChI is InChI=1S/C9H8N4O2S/c1-15-8(14)7-6(11-2-3-12-7)5-4-13-9(10)16-5/h2-4H,1H3,(H2,10,13). The molecule has 7 heteroatoms. The molecule has 2 aromatic rings. The van der Waals surface area contributed by atoms with Crippen LogP contribution in [0.1, 0.15) is 10.5 Å². The van der Waals surface area contributed by atoms with E-state index in [0.29, 0.717) is 15.7 Å². The summed E-state index contributed by atoms with van der Waals surface area (Å²) < 4.78 is 4.62. The number of hydrogen-bond donors (Lipinski definition) is 1. The molecule has 0 aliphatic carbocycles. The zero-order chi connectivity index (χ0) is 11.5. The number of nitrogen functional groups attached to an aromatic ring is 1. The summed E-state index contributed by atoms with van der Waals surface area (Å²) >= 11 is 1.24. The molecule has 0 saturated heterocycles. The Morgan fingerprint density at radius 1 is 1.38 bits per heavy atom. The third kappa shape index (κ3) is 1.84. The predicted octanol–water partition coefficient (Wildman–Crippen LogP) is 0.969. The van der Waals surface area contributed by atoms with Gasteiger partial charge in [0.1, 0.15) is 5.69 Å². The van der Waals surface area contributed by atoms with Gasteiger partial charge in [-0.25, -0.2) is 14.8 Å². The highest BCUT2D eigenvalue weighted by atomic mass is 32.1. The van der Waals surface area contributed by atoms with Crippen molar-refractivity contribution < 1.29 is 9.53 Å². The lowest BCUT2D eigenvalue weighted by Crippen LogP contribution is -2.07. The van der Waals surface area contributed by atoms with Crippen molar-refractivity contribution in [3.63, 3.8) is 0 Å². The van der Waals surface area contributed by atoms with Gasteiger partial charge >= 0.3 is 5.97 Å². The van der Waals surface area contributed by atoms with E-state index in [0.717, 1.165) is 0 Å². The number of aromatic nitrogens is 3. The number of hydrogen-bond acceptors (Lipinski definition) is 7. The van der Waals surface area contributed by atoms with E-state index in [1.165, 1.54) is 30.8 Å². The van der Waals surface area contributed by atoms with Gasteiger partial charge in [-0.3, -0.25) is 4.98 Å². The highest BCUT2D eigenvalue weighted by Crippen LogP contribution is 2.27. The van der Waals surface area contributed by atoms with Crippen LogP contribution in [0.25, 0.3) is 10.6 Å². The molecule has 0 amide bonds. The Balaban J connectivity index is 2.52. The minimum Gasteiger partial charge on any atom is -0.464 e. The minimum atomic E-state index is -0.532. The summed E-state index contributed by atoms with van der Waals surface area (Å²) in [6, 6.07) is 0. The topological polar surface area (TPSA) is 91.0 Å². The Morgan fingerprint density at radius 3 is 2.75 bits per heavy atom. The largest absolute Gasteiger partial charge is 0.464 e. The van der Waals surface area contributed by atoms with Crippen molar-refractivity contribution in [1.29, 1.82) is 0 Å². The summed E-state index contributed by atoms with van der Waals surface area (Å²) in [6.07, 6.45) is 4.48. The molecule has 2 heterocycles. The molecule has 0 aromatic carbocycles. The molecular formula is C9H8N4O2S. The van der Waals surface area contributed by atoms with Gasteiger partial charge in [0.05, 0.1) is 12.0 Å². The first kappa shape index (κ1) is 10.5. The zero-order valence-corrected chi connectivity index (χ0v) is 9.19. The summed E-state index contributed by atoms with van der Waals surface area (Å²) in [7, 11) is 1.29. The lowest BCUT2D eigenvalue weighted by atomic mass is 10.3. The molecule has 0 unspecified atom stereocenters. The third-order valence-electron chi connectivity index (χ3n) is 1.83. The molecule has 0 radical (unpaired) electrons. The molecular weight excluding hydrogens is 228 g/mol. The number of nitrogens with zero attached hydrogens (tertiary/aromatic N) is 3. The van der Waals surface area contributed by atoms with E-state index < -0.39 is 5.97 Å². The number of rotatable bonds is 2. The van der Waals surface area contributed by atoms with Crippen molar-refractivity contribution in [2.75, 3.05) is 12.8 Å². The lowest BCUT2D eigenvalue weighted by Gasteiger charge is -2.02. The van der Waals surface area contributed by atoms with Gasteiger partial charge in [0, 0.05) is 18.6 Å². The number of thiazole rings is 1. The van der Waals surface area contributed by atoms with E-state index in [4.69, 9.17) is 5.73 Å². The molecule has 82 valence electrons. The predicted molar refractivity (Wildman–Crippen MR) is 58.9 cm³/mol. The number of carbonyl (C=O) groups excluding carboxylic acids is 1. The van der Waals surface area contributed by atoms with E-state index >= 15 is 0 Å². The van der Waals surface area contributed by atoms with E-state index in [2.05, 4.69) is 19.7 Å². The first-order valence-electron chi connectivity index (χ1n) is 4.33. The monoisotopic (exact) mass is 236 g/mol. The molecule has 0 aliphatic heterocycles. The second-order valence-electron chi connectivity index (χ2n) is 2.81. The maximum atomic E-state index is 11.4. The van der Waals surface area contributed by atoms with Crippen LogP contribution in [0.3, 0.4) is 0 Å². The highest BCUT2D eigenvalue weighted by molar-refractivity contribution is 7.18. The maximum absolute atomic E-state index is 11.4. The van der Waals surface area contributed by atoms with Crippen LogP contribution in [0, 0.1) is 0 Å². The average Bonchev–Trinajstić information content (AvgIpc) is 2.75. The Kier molecular flexibility index (Phi) is 2.78. The van der Waals surface area contributed by atoms with Crippen LogP contribution >= 0.6 is 11.3 Å². The van der Waals surface area contributed by atoms with Crippen molar-refractivity contribution in [3.8, 4) is 10.6 Å². The summed E-state index contributed by atoms with van der Waals surface area (Å²) in [5.41, 5.74) is 6.11. The molecule has 16 heavy (non-hydrogen) atoms. The molecule has 2 rings (SSSR count). The fourth-order valence-electron chi connectivity index (χ4n) is 1.16. The molecule has 0 saturated carbocycles. The Bertz CT molecular complexity index is 526. The van der Waals surface area contributed by atoms with E-state index in [1.54, 1.807) is 6.20 Å². The Morgan fingerprint density at radius 2 is 2.12 bits per heavy atom. The van der Waals surface area contributed by atoms with Crippen LogP contribution in [0.5, 0.6) is 0 Å². The molecule has 2 aromatic heterocycles. The third-order valence-corrected chi connectivity index (χ3v) is 2.67. The Labute approximate surface area is 95.1 Å². The number of ether oxygens (including phenoxy) is 1. The summed E-state index contributed by atoms with van der Waals surface area (Å²) in [4.78, 5) is 24.0. The number of methoxy groups -OCH3 is 1. The van der Waals surface area contributed by atoms with Crippen molar-refractivity contribution in [1.82, 2.24) is 15.0 Å². The second-order valence-corrected chi connectivity index (χ2v) is 3.87. The van der Waals surface area contributed by atoms with Gasteiger partial charge in [-0.2, -0.15) is 0 Å². The lowest BCUT2D eigenvalue weighted by molar-refractivity contribution is 0.0594. The Hall–Kier alpha value is -2.02. The molecule has 6 nitrogen and oxygen atoms in total. The van der Waals surface area contributed by atoms with E-state index in [1.807, 2.05) is 0 Å². The van der Waals surface area contributed by atoms with Crippen molar-refractivity contribution in [2.45, 2.75) is 0 Å². The quantitative estimate of drug-likeness (QED) is 0.781. The van der Waals surface area contributed by atoms with Gasteiger partial charge in [0.15, 0.2) is 10.8 Å². The van der Waals surface area contributed by atoms with Gasteiger partial charge in [0.25, 0.3) is 0 Å². The summed E-state index contributed by atoms with van der Waals surface area (Å²) in [5.74, 6) is -0.532. The first-order chi connectivity index (χ1) is 7.72. The summed E-state index contributed by atoms with van der Waals surface area (Å²) in [6.45, 7) is 0. The average molecular weight is 236 g/mol. The van der Waals surface area contributed by atoms with E-state index in [9.17, 15) is 4.79 Å². The molecule has 0 aliphatic rings. The van der Waals surface area contributed by atoms with Gasteiger partial charge in [-0.05, 0) is 0 Å². The van der Waals surface area contributed by atoms with Gasteiger partial charge in [-0.1, -0.05) is 11.3 Å². The van der Waals surface area contributed by atoms with Crippen LogP contribution in [-0.4, -0.2) is 28.0 Å². The van der Waals surface area contributed by atoms with Crippen molar-refractivity contribution in [3.05, 3.63) is 24.3 Å². The normalized spacial score (nSPS) is 10.1. The number of esters is 1. The van der Waals surface area contributed by atoms with Crippen LogP contribution in [0.2, 0.25) is 0 Å². The SMILES string of the molecule is COC(=O)c1nccnc1-c1cnc(N)s1. The fraction of sp³-hybridized carbons (Fsp3) is 0.111. The number of nitrogens with two attached hydrogens (primary N) is 1. The highest BCUT2D eigenvalue weighted by Gasteiger charge is 2.17. The summed E-state index contributed by atoms with van der Waals surface area (Å²) in [5, 5.41) is 0.413. The van der Waals surface area contributed by atoms with Crippen LogP contribution in [0.15, 0.2) is 18.6 Å². The smallest absolute Gasteiger partial charge is 0.358 e. The number of carbonyl (C=O) groups is 1. The second kappa shape index (κ2) is 4.23. The first-order valence-corrected chi connectivity index (χ1v) is 5.15. The van der Waals surface area contributed by atoms with Crippen LogP contribution in [-0.2, 0) is 4.74 Å².